The number of amides is 3. The topological polar surface area (TPSA) is 67.4 Å². The molecule has 1 heterocycles. The molecule has 1 atom stereocenters. The van der Waals surface area contributed by atoms with Crippen molar-refractivity contribution in [1.82, 2.24) is 10.8 Å². The van der Waals surface area contributed by atoms with E-state index in [4.69, 9.17) is 4.84 Å². The van der Waals surface area contributed by atoms with Crippen molar-refractivity contribution in [2.45, 2.75) is 6.10 Å². The Morgan fingerprint density at radius 3 is 2.50 bits per heavy atom. The maximum absolute atomic E-state index is 11.3. The summed E-state index contributed by atoms with van der Waals surface area (Å²) in [5.74, 6) is -0.458. The van der Waals surface area contributed by atoms with Crippen LogP contribution in [0.25, 0.3) is 0 Å². The minimum atomic E-state index is -0.770. The highest BCUT2D eigenvalue weighted by Gasteiger charge is 2.28. The molecule has 1 fully saturated rings. The molecule has 0 aromatic heterocycles. The van der Waals surface area contributed by atoms with E-state index in [9.17, 15) is 9.59 Å². The normalized spacial score (nSPS) is 21.3. The van der Waals surface area contributed by atoms with Gasteiger partial charge in [0, 0.05) is 0 Å². The zero-order valence-electron chi connectivity index (χ0n) is 7.19. The van der Waals surface area contributed by atoms with Gasteiger partial charge in [0.2, 0.25) is 0 Å². The maximum Gasteiger partial charge on any atom is 0.345 e. The minimum absolute atomic E-state index is 0.458. The first-order valence-corrected chi connectivity index (χ1v) is 4.09. The van der Waals surface area contributed by atoms with Gasteiger partial charge >= 0.3 is 6.03 Å². The van der Waals surface area contributed by atoms with Crippen LogP contribution in [-0.2, 0) is 9.63 Å². The summed E-state index contributed by atoms with van der Waals surface area (Å²) in [6, 6.07) is 8.29. The zero-order chi connectivity index (χ0) is 9.97. The third-order valence-electron chi connectivity index (χ3n) is 1.85. The number of imide groups is 1. The van der Waals surface area contributed by atoms with Crippen molar-refractivity contribution in [3.05, 3.63) is 35.9 Å². The number of urea groups is 1. The molecule has 72 valence electrons. The van der Waals surface area contributed by atoms with Crippen LogP contribution in [0, 0.1) is 0 Å². The van der Waals surface area contributed by atoms with Crippen LogP contribution in [0.4, 0.5) is 4.79 Å². The van der Waals surface area contributed by atoms with Crippen molar-refractivity contribution in [2.24, 2.45) is 0 Å². The molecule has 14 heavy (non-hydrogen) atoms. The van der Waals surface area contributed by atoms with E-state index in [2.05, 4.69) is 10.8 Å². The Balaban J connectivity index is 2.20. The number of rotatable bonds is 1. The summed E-state index contributed by atoms with van der Waals surface area (Å²) in [4.78, 5) is 26.9. The quantitative estimate of drug-likeness (QED) is 0.680. The summed E-state index contributed by atoms with van der Waals surface area (Å²) in [7, 11) is 0. The van der Waals surface area contributed by atoms with Crippen molar-refractivity contribution in [2.75, 3.05) is 0 Å². The van der Waals surface area contributed by atoms with Gasteiger partial charge in [0.25, 0.3) is 5.91 Å². The van der Waals surface area contributed by atoms with E-state index >= 15 is 0 Å². The summed E-state index contributed by atoms with van der Waals surface area (Å²) < 4.78 is 0. The van der Waals surface area contributed by atoms with Gasteiger partial charge in [0.05, 0.1) is 0 Å². The molecule has 1 aromatic carbocycles. The molecule has 5 nitrogen and oxygen atoms in total. The molecule has 1 aliphatic rings. The second-order valence-electron chi connectivity index (χ2n) is 2.83. The third kappa shape index (κ3) is 1.57. The van der Waals surface area contributed by atoms with Crippen LogP contribution in [0.1, 0.15) is 11.7 Å². The van der Waals surface area contributed by atoms with Crippen LogP contribution >= 0.6 is 0 Å². The molecule has 0 aliphatic carbocycles. The van der Waals surface area contributed by atoms with Crippen LogP contribution in [0.3, 0.4) is 0 Å². The van der Waals surface area contributed by atoms with Crippen molar-refractivity contribution in [1.29, 1.82) is 0 Å². The second kappa shape index (κ2) is 3.47. The first-order valence-electron chi connectivity index (χ1n) is 4.09. The van der Waals surface area contributed by atoms with Crippen LogP contribution in [-0.4, -0.2) is 11.9 Å². The monoisotopic (exact) mass is 192 g/mol. The first kappa shape index (κ1) is 8.71. The van der Waals surface area contributed by atoms with E-state index in [0.29, 0.717) is 5.56 Å². The molecule has 2 N–H and O–H groups in total. The Hall–Kier alpha value is -1.88. The molecule has 1 aromatic rings. The highest BCUT2D eigenvalue weighted by molar-refractivity contribution is 5.98. The molecule has 3 amide bonds. The lowest BCUT2D eigenvalue weighted by Crippen LogP contribution is -2.49. The van der Waals surface area contributed by atoms with Crippen LogP contribution in [0.15, 0.2) is 30.3 Å². The van der Waals surface area contributed by atoms with Crippen molar-refractivity contribution >= 4 is 11.9 Å². The number of nitrogens with one attached hydrogen (secondary N) is 2. The zero-order valence-corrected chi connectivity index (χ0v) is 7.19. The lowest BCUT2D eigenvalue weighted by atomic mass is 10.1. The summed E-state index contributed by atoms with van der Waals surface area (Å²) in [6.45, 7) is 0. The van der Waals surface area contributed by atoms with E-state index < -0.39 is 18.0 Å². The lowest BCUT2D eigenvalue weighted by molar-refractivity contribution is -0.140. The Labute approximate surface area is 80.0 Å². The molecular weight excluding hydrogens is 184 g/mol. The van der Waals surface area contributed by atoms with Gasteiger partial charge in [-0.2, -0.15) is 0 Å². The fourth-order valence-corrected chi connectivity index (χ4v) is 1.22. The fraction of sp³-hybridized carbons (Fsp3) is 0.111. The average molecular weight is 192 g/mol. The molecule has 1 aliphatic heterocycles. The summed E-state index contributed by atoms with van der Waals surface area (Å²) in [5, 5.41) is 2.11. The van der Waals surface area contributed by atoms with E-state index in [-0.39, 0.29) is 0 Å². The molecular formula is C9H8N2O3. The van der Waals surface area contributed by atoms with Crippen molar-refractivity contribution in [3.8, 4) is 0 Å². The van der Waals surface area contributed by atoms with Gasteiger partial charge in [0.1, 0.15) is 0 Å². The van der Waals surface area contributed by atoms with Crippen LogP contribution in [0.5, 0.6) is 0 Å². The minimum Gasteiger partial charge on any atom is -0.274 e. The largest absolute Gasteiger partial charge is 0.345 e. The van der Waals surface area contributed by atoms with Gasteiger partial charge < -0.3 is 0 Å². The predicted molar refractivity (Wildman–Crippen MR) is 46.9 cm³/mol. The standard InChI is InChI=1S/C9H8N2O3/c12-8-7(14-11-9(13)10-8)6-4-2-1-3-5-6/h1-5,7H,(H2,10,11,12,13). The number of hydrogen-bond acceptors (Lipinski definition) is 3. The summed E-state index contributed by atoms with van der Waals surface area (Å²) >= 11 is 0. The van der Waals surface area contributed by atoms with Crippen LogP contribution in [0.2, 0.25) is 0 Å². The highest BCUT2D eigenvalue weighted by atomic mass is 16.7. The number of hydrogen-bond donors (Lipinski definition) is 2. The van der Waals surface area contributed by atoms with Gasteiger partial charge in [-0.1, -0.05) is 30.3 Å². The van der Waals surface area contributed by atoms with Crippen LogP contribution < -0.4 is 10.8 Å². The maximum atomic E-state index is 11.3. The van der Waals surface area contributed by atoms with Gasteiger partial charge in [-0.25, -0.2) is 10.3 Å². The SMILES string of the molecule is O=C1NOC(c2ccccc2)C(=O)N1. The van der Waals surface area contributed by atoms with Gasteiger partial charge in [-0.15, -0.1) is 0 Å². The van der Waals surface area contributed by atoms with E-state index in [1.165, 1.54) is 0 Å². The smallest absolute Gasteiger partial charge is 0.274 e. The molecule has 5 heteroatoms. The predicted octanol–water partition coefficient (Wildman–Crippen LogP) is 0.499. The molecule has 0 spiro atoms. The second-order valence-corrected chi connectivity index (χ2v) is 2.83. The Kier molecular flexibility index (Phi) is 2.16. The molecule has 0 bridgehead atoms. The number of hydroxylamine groups is 1. The fourth-order valence-electron chi connectivity index (χ4n) is 1.22. The summed E-state index contributed by atoms with van der Waals surface area (Å²) in [6.07, 6.45) is -0.770. The first-order chi connectivity index (χ1) is 6.77. The van der Waals surface area contributed by atoms with Gasteiger partial charge in [0.15, 0.2) is 6.10 Å². The van der Waals surface area contributed by atoms with Gasteiger partial charge in [-0.05, 0) is 5.56 Å². The molecule has 1 saturated heterocycles. The number of carbonyl (C=O) groups is 2. The molecule has 0 radical (unpaired) electrons. The van der Waals surface area contributed by atoms with E-state index in [1.807, 2.05) is 6.07 Å². The third-order valence-corrected chi connectivity index (χ3v) is 1.85. The molecule has 1 unspecified atom stereocenters. The Bertz CT molecular complexity index is 364. The lowest BCUT2D eigenvalue weighted by Gasteiger charge is -2.21. The van der Waals surface area contributed by atoms with Crippen molar-refractivity contribution < 1.29 is 14.4 Å². The highest BCUT2D eigenvalue weighted by Crippen LogP contribution is 2.17. The van der Waals surface area contributed by atoms with Crippen molar-refractivity contribution in [3.63, 3.8) is 0 Å². The molecule has 0 saturated carbocycles. The molecule has 2 rings (SSSR count). The Morgan fingerprint density at radius 2 is 1.86 bits per heavy atom. The Morgan fingerprint density at radius 1 is 1.14 bits per heavy atom. The number of benzene rings is 1. The van der Waals surface area contributed by atoms with E-state index in [1.54, 1.807) is 24.3 Å². The van der Waals surface area contributed by atoms with Gasteiger partial charge in [-0.3, -0.25) is 14.9 Å². The number of carbonyl (C=O) groups excluding carboxylic acids is 2. The van der Waals surface area contributed by atoms with E-state index in [0.717, 1.165) is 0 Å². The summed E-state index contributed by atoms with van der Waals surface area (Å²) in [5.41, 5.74) is 2.79. The average Bonchev–Trinajstić information content (AvgIpc) is 2.19.